The Morgan fingerprint density at radius 2 is 2.32 bits per heavy atom. The summed E-state index contributed by atoms with van der Waals surface area (Å²) in [6.07, 6.45) is 1.62. The van der Waals surface area contributed by atoms with Gasteiger partial charge in [0, 0.05) is 32.1 Å². The molecule has 0 bridgehead atoms. The number of ether oxygens (including phenoxy) is 1. The minimum Gasteiger partial charge on any atom is -0.385 e. The Balaban J connectivity index is 2.45. The van der Waals surface area contributed by atoms with Crippen LogP contribution < -0.4 is 11.1 Å². The fourth-order valence-corrected chi connectivity index (χ4v) is 2.32. The van der Waals surface area contributed by atoms with E-state index in [1.54, 1.807) is 12.5 Å². The van der Waals surface area contributed by atoms with Crippen LogP contribution in [0.1, 0.15) is 35.8 Å². The predicted octanol–water partition coefficient (Wildman–Crippen LogP) is 1.44. The summed E-state index contributed by atoms with van der Waals surface area (Å²) < 4.78 is 5.06. The van der Waals surface area contributed by atoms with Crippen molar-refractivity contribution in [1.29, 1.82) is 0 Å². The SMILES string of the molecule is COCCC(C)(C)CNC(=O)c1csc(CCN)n1. The zero-order chi connectivity index (χ0) is 14.3. The first-order valence-corrected chi connectivity index (χ1v) is 7.28. The number of hydrogen-bond acceptors (Lipinski definition) is 5. The van der Waals surface area contributed by atoms with Crippen molar-refractivity contribution in [2.45, 2.75) is 26.7 Å². The van der Waals surface area contributed by atoms with Crippen LogP contribution in [0.15, 0.2) is 5.38 Å². The molecule has 0 unspecified atom stereocenters. The number of carbonyl (C=O) groups is 1. The monoisotopic (exact) mass is 285 g/mol. The van der Waals surface area contributed by atoms with Crippen LogP contribution in [-0.2, 0) is 11.2 Å². The van der Waals surface area contributed by atoms with Crippen molar-refractivity contribution in [2.24, 2.45) is 11.1 Å². The quantitative estimate of drug-likeness (QED) is 0.757. The lowest BCUT2D eigenvalue weighted by Gasteiger charge is -2.24. The maximum absolute atomic E-state index is 12.0. The largest absolute Gasteiger partial charge is 0.385 e. The van der Waals surface area contributed by atoms with E-state index in [9.17, 15) is 4.79 Å². The molecule has 1 aromatic heterocycles. The summed E-state index contributed by atoms with van der Waals surface area (Å²) in [5.41, 5.74) is 5.96. The topological polar surface area (TPSA) is 77.2 Å². The molecule has 0 aromatic carbocycles. The van der Waals surface area contributed by atoms with Gasteiger partial charge >= 0.3 is 0 Å². The highest BCUT2D eigenvalue weighted by Crippen LogP contribution is 2.19. The Labute approximate surface area is 118 Å². The van der Waals surface area contributed by atoms with Gasteiger partial charge in [-0.25, -0.2) is 4.98 Å². The second-order valence-electron chi connectivity index (χ2n) is 5.25. The minimum atomic E-state index is -0.120. The summed E-state index contributed by atoms with van der Waals surface area (Å²) in [4.78, 5) is 16.2. The van der Waals surface area contributed by atoms with Crippen molar-refractivity contribution in [1.82, 2.24) is 10.3 Å². The van der Waals surface area contributed by atoms with Crippen molar-refractivity contribution >= 4 is 17.2 Å². The molecule has 1 aromatic rings. The van der Waals surface area contributed by atoms with Crippen LogP contribution in [0.25, 0.3) is 0 Å². The van der Waals surface area contributed by atoms with E-state index in [2.05, 4.69) is 24.1 Å². The molecule has 0 atom stereocenters. The summed E-state index contributed by atoms with van der Waals surface area (Å²) >= 11 is 1.48. The molecule has 0 aliphatic carbocycles. The highest BCUT2D eigenvalue weighted by molar-refractivity contribution is 7.09. The van der Waals surface area contributed by atoms with Gasteiger partial charge in [0.2, 0.25) is 0 Å². The molecule has 6 heteroatoms. The van der Waals surface area contributed by atoms with E-state index in [1.807, 2.05) is 0 Å². The lowest BCUT2D eigenvalue weighted by Crippen LogP contribution is -2.34. The van der Waals surface area contributed by atoms with Crippen LogP contribution in [0.5, 0.6) is 0 Å². The number of nitrogens with two attached hydrogens (primary N) is 1. The average molecular weight is 285 g/mol. The van der Waals surface area contributed by atoms with Crippen LogP contribution in [0.4, 0.5) is 0 Å². The molecule has 1 amide bonds. The van der Waals surface area contributed by atoms with Gasteiger partial charge in [0.25, 0.3) is 5.91 Å². The molecule has 0 saturated heterocycles. The van der Waals surface area contributed by atoms with E-state index >= 15 is 0 Å². The molecule has 19 heavy (non-hydrogen) atoms. The van der Waals surface area contributed by atoms with Crippen LogP contribution in [-0.4, -0.2) is 37.7 Å². The Morgan fingerprint density at radius 3 is 2.95 bits per heavy atom. The fourth-order valence-electron chi connectivity index (χ4n) is 1.53. The summed E-state index contributed by atoms with van der Waals surface area (Å²) in [5.74, 6) is -0.120. The Hall–Kier alpha value is -0.980. The van der Waals surface area contributed by atoms with Gasteiger partial charge in [-0.3, -0.25) is 4.79 Å². The summed E-state index contributed by atoms with van der Waals surface area (Å²) in [5, 5.41) is 5.61. The van der Waals surface area contributed by atoms with Gasteiger partial charge in [-0.05, 0) is 18.4 Å². The number of carbonyl (C=O) groups excluding carboxylic acids is 1. The molecule has 0 fully saturated rings. The molecule has 1 rings (SSSR count). The second-order valence-corrected chi connectivity index (χ2v) is 6.20. The second kappa shape index (κ2) is 7.57. The molecular weight excluding hydrogens is 262 g/mol. The molecule has 0 spiro atoms. The van der Waals surface area contributed by atoms with Gasteiger partial charge in [-0.2, -0.15) is 0 Å². The molecule has 1 heterocycles. The van der Waals surface area contributed by atoms with Gasteiger partial charge in [-0.15, -0.1) is 11.3 Å². The highest BCUT2D eigenvalue weighted by atomic mass is 32.1. The normalized spacial score (nSPS) is 11.6. The van der Waals surface area contributed by atoms with Gasteiger partial charge < -0.3 is 15.8 Å². The van der Waals surface area contributed by atoms with Crippen molar-refractivity contribution in [3.8, 4) is 0 Å². The third-order valence-corrected chi connectivity index (χ3v) is 3.76. The lowest BCUT2D eigenvalue weighted by molar-refractivity contribution is 0.0916. The fraction of sp³-hybridized carbons (Fsp3) is 0.692. The van der Waals surface area contributed by atoms with Gasteiger partial charge in [0.15, 0.2) is 0 Å². The first-order chi connectivity index (χ1) is 8.98. The number of methoxy groups -OCH3 is 1. The van der Waals surface area contributed by atoms with Crippen molar-refractivity contribution < 1.29 is 9.53 Å². The standard InChI is InChI=1S/C13H23N3O2S/c1-13(2,5-7-18-3)9-15-12(17)10-8-19-11(16-10)4-6-14/h8H,4-7,9,14H2,1-3H3,(H,15,17). The highest BCUT2D eigenvalue weighted by Gasteiger charge is 2.19. The maximum atomic E-state index is 12.0. The molecule has 108 valence electrons. The molecule has 5 nitrogen and oxygen atoms in total. The zero-order valence-corrected chi connectivity index (χ0v) is 12.7. The smallest absolute Gasteiger partial charge is 0.270 e. The lowest BCUT2D eigenvalue weighted by atomic mass is 9.90. The number of thiazole rings is 1. The van der Waals surface area contributed by atoms with Crippen LogP contribution in [0, 0.1) is 5.41 Å². The molecular formula is C13H23N3O2S. The van der Waals surface area contributed by atoms with Crippen LogP contribution in [0.2, 0.25) is 0 Å². The third kappa shape index (κ3) is 5.67. The first kappa shape index (κ1) is 16.1. The summed E-state index contributed by atoms with van der Waals surface area (Å²) in [6, 6.07) is 0. The van der Waals surface area contributed by atoms with Crippen molar-refractivity contribution in [3.05, 3.63) is 16.1 Å². The number of rotatable bonds is 8. The van der Waals surface area contributed by atoms with Gasteiger partial charge in [0.1, 0.15) is 5.69 Å². The van der Waals surface area contributed by atoms with Crippen molar-refractivity contribution in [3.63, 3.8) is 0 Å². The number of nitrogens with one attached hydrogen (secondary N) is 1. The molecule has 0 saturated carbocycles. The van der Waals surface area contributed by atoms with E-state index in [-0.39, 0.29) is 11.3 Å². The molecule has 0 aliphatic rings. The van der Waals surface area contributed by atoms with E-state index in [0.29, 0.717) is 25.4 Å². The Bertz CT molecular complexity index is 404. The van der Waals surface area contributed by atoms with Crippen molar-refractivity contribution in [2.75, 3.05) is 26.8 Å². The minimum absolute atomic E-state index is 0.0157. The molecule has 0 aliphatic heterocycles. The maximum Gasteiger partial charge on any atom is 0.270 e. The Morgan fingerprint density at radius 1 is 1.58 bits per heavy atom. The first-order valence-electron chi connectivity index (χ1n) is 6.40. The van der Waals surface area contributed by atoms with E-state index < -0.39 is 0 Å². The molecule has 0 radical (unpaired) electrons. The van der Waals surface area contributed by atoms with Gasteiger partial charge in [-0.1, -0.05) is 13.8 Å². The zero-order valence-electron chi connectivity index (χ0n) is 11.9. The van der Waals surface area contributed by atoms with E-state index in [4.69, 9.17) is 10.5 Å². The van der Waals surface area contributed by atoms with Crippen LogP contribution >= 0.6 is 11.3 Å². The summed E-state index contributed by atoms with van der Waals surface area (Å²) in [7, 11) is 1.68. The summed E-state index contributed by atoms with van der Waals surface area (Å²) in [6.45, 7) is 6.07. The predicted molar refractivity (Wildman–Crippen MR) is 77.5 cm³/mol. The number of aromatic nitrogens is 1. The Kier molecular flexibility index (Phi) is 6.41. The van der Waals surface area contributed by atoms with Crippen LogP contribution in [0.3, 0.4) is 0 Å². The van der Waals surface area contributed by atoms with E-state index in [1.165, 1.54) is 11.3 Å². The molecule has 3 N–H and O–H groups in total. The van der Waals surface area contributed by atoms with E-state index in [0.717, 1.165) is 17.8 Å². The third-order valence-electron chi connectivity index (χ3n) is 2.85. The number of amides is 1. The van der Waals surface area contributed by atoms with Gasteiger partial charge in [0.05, 0.1) is 5.01 Å². The average Bonchev–Trinajstić information content (AvgIpc) is 2.83. The number of hydrogen-bond donors (Lipinski definition) is 2. The number of nitrogens with zero attached hydrogens (tertiary/aromatic N) is 1.